The summed E-state index contributed by atoms with van der Waals surface area (Å²) in [7, 11) is 0. The number of Topliss-reactive ketones (excluding diaryl/α,β-unsaturated/α-hetero) is 1. The lowest BCUT2D eigenvalue weighted by atomic mass is 9.71. The fourth-order valence-corrected chi connectivity index (χ4v) is 5.73. The summed E-state index contributed by atoms with van der Waals surface area (Å²) in [5.74, 6) is -1.31. The molecule has 2 aliphatic rings. The first-order chi connectivity index (χ1) is 15.1. The highest BCUT2D eigenvalue weighted by Crippen LogP contribution is 2.56. The number of fused-ring (bicyclic) bond motifs is 3. The lowest BCUT2D eigenvalue weighted by Gasteiger charge is -2.35. The van der Waals surface area contributed by atoms with Crippen molar-refractivity contribution in [3.63, 3.8) is 0 Å². The second kappa shape index (κ2) is 7.19. The minimum absolute atomic E-state index is 0.235. The number of carbonyl (C=O) groups excluding carboxylic acids is 1. The van der Waals surface area contributed by atoms with E-state index in [-0.39, 0.29) is 5.78 Å². The number of benzene rings is 2. The molecule has 0 amide bonds. The second-order valence-corrected chi connectivity index (χ2v) is 8.65. The number of thiophene rings is 1. The molecule has 0 N–H and O–H groups in total. The number of rotatable bonds is 3. The van der Waals surface area contributed by atoms with Crippen LogP contribution in [0.25, 0.3) is 6.08 Å². The molecule has 3 heterocycles. The van der Waals surface area contributed by atoms with Gasteiger partial charge in [-0.1, -0.05) is 36.4 Å². The zero-order valence-corrected chi connectivity index (χ0v) is 17.1. The van der Waals surface area contributed by atoms with Crippen molar-refractivity contribution >= 4 is 28.9 Å². The van der Waals surface area contributed by atoms with E-state index in [2.05, 4.69) is 12.1 Å². The van der Waals surface area contributed by atoms with Crippen LogP contribution in [0.15, 0.2) is 72.1 Å². The third kappa shape index (κ3) is 2.73. The van der Waals surface area contributed by atoms with E-state index in [1.54, 1.807) is 0 Å². The normalized spacial score (nSPS) is 22.8. The van der Waals surface area contributed by atoms with E-state index in [1.165, 1.54) is 35.6 Å². The molecule has 0 spiro atoms. The van der Waals surface area contributed by atoms with Crippen molar-refractivity contribution in [1.29, 1.82) is 10.5 Å². The SMILES string of the molecule is N#CC1(C#N)[C@H](c2cccs2)[C@@H](C(=O)c2ccc(F)cc2)N2c3ccccc3C=C[C@H]21. The minimum Gasteiger partial charge on any atom is -0.351 e. The molecule has 0 bridgehead atoms. The number of nitriles is 2. The lowest BCUT2D eigenvalue weighted by Crippen LogP contribution is -2.44. The van der Waals surface area contributed by atoms with E-state index in [4.69, 9.17) is 0 Å². The maximum Gasteiger partial charge on any atom is 0.186 e. The molecule has 1 fully saturated rings. The molecule has 1 saturated heterocycles. The Labute approximate surface area is 183 Å². The summed E-state index contributed by atoms with van der Waals surface area (Å²) in [5, 5.41) is 22.5. The van der Waals surface area contributed by atoms with Gasteiger partial charge in [0.1, 0.15) is 11.9 Å². The van der Waals surface area contributed by atoms with Crippen LogP contribution in [0.5, 0.6) is 0 Å². The molecule has 2 aliphatic heterocycles. The molecule has 6 heteroatoms. The van der Waals surface area contributed by atoms with E-state index in [1.807, 2.05) is 58.8 Å². The Kier molecular flexibility index (Phi) is 4.46. The van der Waals surface area contributed by atoms with Crippen LogP contribution in [0.1, 0.15) is 26.7 Å². The molecule has 4 nitrogen and oxygen atoms in total. The van der Waals surface area contributed by atoms with Gasteiger partial charge in [0.15, 0.2) is 11.2 Å². The molecule has 0 radical (unpaired) electrons. The zero-order valence-electron chi connectivity index (χ0n) is 16.3. The van der Waals surface area contributed by atoms with E-state index in [0.29, 0.717) is 5.56 Å². The standard InChI is InChI=1S/C25H16FN3OS/c26-18-10-7-17(8-11-18)24(30)23-22(20-6-3-13-31-20)25(14-27,15-28)21-12-9-16-4-1-2-5-19(16)29(21)23/h1-13,21-23H/t21-,22+,23-/m0/s1. The number of ketones is 1. The van der Waals surface area contributed by atoms with Gasteiger partial charge in [-0.25, -0.2) is 4.39 Å². The number of hydrogen-bond acceptors (Lipinski definition) is 5. The summed E-state index contributed by atoms with van der Waals surface area (Å²) in [5.41, 5.74) is 0.636. The van der Waals surface area contributed by atoms with E-state index < -0.39 is 29.2 Å². The maximum absolute atomic E-state index is 13.8. The largest absolute Gasteiger partial charge is 0.351 e. The first-order valence-electron chi connectivity index (χ1n) is 9.82. The molecule has 3 aromatic rings. The molecular formula is C25H16FN3OS. The fraction of sp³-hybridized carbons (Fsp3) is 0.160. The van der Waals surface area contributed by atoms with Gasteiger partial charge in [0, 0.05) is 16.1 Å². The molecule has 1 aromatic heterocycles. The average Bonchev–Trinajstić information content (AvgIpc) is 3.43. The first kappa shape index (κ1) is 19.2. The van der Waals surface area contributed by atoms with Crippen LogP contribution in [0.4, 0.5) is 10.1 Å². The van der Waals surface area contributed by atoms with E-state index >= 15 is 0 Å². The Hall–Kier alpha value is -3.74. The highest BCUT2D eigenvalue weighted by molar-refractivity contribution is 7.10. The Morgan fingerprint density at radius 2 is 1.77 bits per heavy atom. The highest BCUT2D eigenvalue weighted by atomic mass is 32.1. The van der Waals surface area contributed by atoms with Crippen LogP contribution in [-0.2, 0) is 0 Å². The van der Waals surface area contributed by atoms with Gasteiger partial charge >= 0.3 is 0 Å². The van der Waals surface area contributed by atoms with Crippen molar-refractivity contribution in [2.24, 2.45) is 5.41 Å². The van der Waals surface area contributed by atoms with Gasteiger partial charge in [-0.2, -0.15) is 10.5 Å². The van der Waals surface area contributed by atoms with Crippen molar-refractivity contribution in [3.8, 4) is 12.1 Å². The molecule has 150 valence electrons. The van der Waals surface area contributed by atoms with Gasteiger partial charge in [0.05, 0.1) is 24.1 Å². The monoisotopic (exact) mass is 425 g/mol. The molecule has 31 heavy (non-hydrogen) atoms. The Morgan fingerprint density at radius 1 is 1.03 bits per heavy atom. The van der Waals surface area contributed by atoms with Crippen molar-refractivity contribution in [2.75, 3.05) is 4.90 Å². The summed E-state index contributed by atoms with van der Waals surface area (Å²) >= 11 is 1.43. The molecule has 0 aliphatic carbocycles. The fourth-order valence-electron chi connectivity index (χ4n) is 4.80. The Balaban J connectivity index is 1.77. The molecule has 3 atom stereocenters. The number of para-hydroxylation sites is 1. The lowest BCUT2D eigenvalue weighted by molar-refractivity contribution is 0.0951. The van der Waals surface area contributed by atoms with Gasteiger partial charge in [-0.3, -0.25) is 4.79 Å². The molecule has 0 unspecified atom stereocenters. The van der Waals surface area contributed by atoms with Crippen molar-refractivity contribution in [2.45, 2.75) is 18.0 Å². The number of halogens is 1. The minimum atomic E-state index is -1.45. The van der Waals surface area contributed by atoms with Gasteiger partial charge in [0.2, 0.25) is 0 Å². The van der Waals surface area contributed by atoms with E-state index in [0.717, 1.165) is 16.1 Å². The molecular weight excluding hydrogens is 409 g/mol. The maximum atomic E-state index is 13.8. The molecule has 5 rings (SSSR count). The van der Waals surface area contributed by atoms with E-state index in [9.17, 15) is 19.7 Å². The van der Waals surface area contributed by atoms with Crippen molar-refractivity contribution in [1.82, 2.24) is 0 Å². The van der Waals surface area contributed by atoms with Gasteiger partial charge < -0.3 is 4.90 Å². The average molecular weight is 425 g/mol. The Morgan fingerprint density at radius 3 is 2.45 bits per heavy atom. The van der Waals surface area contributed by atoms with Gasteiger partial charge in [-0.05, 0) is 47.3 Å². The van der Waals surface area contributed by atoms with Crippen LogP contribution in [0.3, 0.4) is 0 Å². The van der Waals surface area contributed by atoms with Crippen molar-refractivity contribution < 1.29 is 9.18 Å². The topological polar surface area (TPSA) is 67.9 Å². The van der Waals surface area contributed by atoms with Crippen LogP contribution >= 0.6 is 11.3 Å². The summed E-state index contributed by atoms with van der Waals surface area (Å²) in [6, 6.07) is 20.0. The van der Waals surface area contributed by atoms with Gasteiger partial charge in [-0.15, -0.1) is 11.3 Å². The van der Waals surface area contributed by atoms with Crippen LogP contribution in [0, 0.1) is 33.9 Å². The zero-order chi connectivity index (χ0) is 21.6. The molecule has 2 aromatic carbocycles. The van der Waals surface area contributed by atoms with Crippen LogP contribution in [0.2, 0.25) is 0 Å². The summed E-state index contributed by atoms with van der Waals surface area (Å²) in [6.45, 7) is 0. The summed E-state index contributed by atoms with van der Waals surface area (Å²) < 4.78 is 13.5. The highest BCUT2D eigenvalue weighted by Gasteiger charge is 2.63. The predicted molar refractivity (Wildman–Crippen MR) is 117 cm³/mol. The number of carbonyl (C=O) groups is 1. The Bertz CT molecular complexity index is 1250. The number of nitrogens with zero attached hydrogens (tertiary/aromatic N) is 3. The smallest absolute Gasteiger partial charge is 0.186 e. The molecule has 0 saturated carbocycles. The third-order valence-corrected chi connectivity index (χ3v) is 7.12. The van der Waals surface area contributed by atoms with Crippen molar-refractivity contribution in [3.05, 3.63) is 93.9 Å². The summed E-state index contributed by atoms with van der Waals surface area (Å²) in [4.78, 5) is 16.6. The second-order valence-electron chi connectivity index (χ2n) is 7.67. The predicted octanol–water partition coefficient (Wildman–Crippen LogP) is 5.17. The van der Waals surface area contributed by atoms with Gasteiger partial charge in [0.25, 0.3) is 0 Å². The quantitative estimate of drug-likeness (QED) is 0.543. The summed E-state index contributed by atoms with van der Waals surface area (Å²) in [6.07, 6.45) is 3.77. The first-order valence-corrected chi connectivity index (χ1v) is 10.7. The number of hydrogen-bond donors (Lipinski definition) is 0. The third-order valence-electron chi connectivity index (χ3n) is 6.16. The van der Waals surface area contributed by atoms with Crippen LogP contribution in [-0.4, -0.2) is 17.9 Å². The number of anilines is 1. The van der Waals surface area contributed by atoms with Crippen LogP contribution < -0.4 is 4.90 Å².